The van der Waals surface area contributed by atoms with E-state index in [1.165, 1.54) is 0 Å². The van der Waals surface area contributed by atoms with E-state index in [1.807, 2.05) is 94.8 Å². The Labute approximate surface area is 204 Å². The van der Waals surface area contributed by atoms with E-state index >= 15 is 0 Å². The van der Waals surface area contributed by atoms with Crippen molar-refractivity contribution in [3.63, 3.8) is 0 Å². The molecule has 0 spiro atoms. The quantitative estimate of drug-likeness (QED) is 0.412. The minimum atomic E-state index is 0.0155. The van der Waals surface area contributed by atoms with Crippen molar-refractivity contribution in [2.75, 3.05) is 26.2 Å². The molecule has 6 nitrogen and oxygen atoms in total. The van der Waals surface area contributed by atoms with E-state index in [2.05, 4.69) is 9.88 Å². The summed E-state index contributed by atoms with van der Waals surface area (Å²) >= 11 is 6.37. The molecule has 172 valence electrons. The van der Waals surface area contributed by atoms with Gasteiger partial charge in [0.25, 0.3) is 5.91 Å². The van der Waals surface area contributed by atoms with Gasteiger partial charge in [-0.1, -0.05) is 66.2 Å². The number of piperazine rings is 1. The van der Waals surface area contributed by atoms with Gasteiger partial charge in [-0.3, -0.25) is 19.4 Å². The van der Waals surface area contributed by atoms with E-state index in [0.717, 1.165) is 36.5 Å². The Bertz CT molecular complexity index is 1250. The Balaban J connectivity index is 1.35. The molecule has 2 aromatic heterocycles. The highest BCUT2D eigenvalue weighted by Gasteiger charge is 2.26. The van der Waals surface area contributed by atoms with Crippen LogP contribution in [0.15, 0.2) is 85.2 Å². The highest BCUT2D eigenvalue weighted by atomic mass is 35.5. The van der Waals surface area contributed by atoms with Gasteiger partial charge in [-0.05, 0) is 23.8 Å². The fourth-order valence-corrected chi connectivity index (χ4v) is 4.46. The topological polar surface area (TPSA) is 54.3 Å². The van der Waals surface area contributed by atoms with E-state index in [9.17, 15) is 4.79 Å². The van der Waals surface area contributed by atoms with Crippen LogP contribution in [0.4, 0.5) is 0 Å². The lowest BCUT2D eigenvalue weighted by Crippen LogP contribution is -2.48. The van der Waals surface area contributed by atoms with Crippen molar-refractivity contribution in [1.82, 2.24) is 24.6 Å². The molecule has 0 bridgehead atoms. The first-order valence-electron chi connectivity index (χ1n) is 11.5. The fraction of sp³-hybridized carbons (Fsp3) is 0.222. The maximum absolute atomic E-state index is 13.6. The molecule has 1 aliphatic rings. The van der Waals surface area contributed by atoms with Crippen molar-refractivity contribution in [3.8, 4) is 11.3 Å². The second kappa shape index (κ2) is 10.2. The van der Waals surface area contributed by atoms with Crippen LogP contribution in [0.5, 0.6) is 0 Å². The van der Waals surface area contributed by atoms with Crippen molar-refractivity contribution in [2.24, 2.45) is 0 Å². The maximum atomic E-state index is 13.6. The lowest BCUT2D eigenvalue weighted by Gasteiger charge is -2.34. The monoisotopic (exact) mass is 471 g/mol. The number of halogens is 1. The van der Waals surface area contributed by atoms with Crippen LogP contribution in [0.1, 0.15) is 21.6 Å². The summed E-state index contributed by atoms with van der Waals surface area (Å²) in [4.78, 5) is 22.3. The summed E-state index contributed by atoms with van der Waals surface area (Å²) < 4.78 is 1.81. The number of amides is 1. The minimum absolute atomic E-state index is 0.0155. The minimum Gasteiger partial charge on any atom is -0.336 e. The van der Waals surface area contributed by atoms with Gasteiger partial charge in [-0.2, -0.15) is 5.10 Å². The van der Waals surface area contributed by atoms with Crippen molar-refractivity contribution in [3.05, 3.63) is 107 Å². The normalized spacial score (nSPS) is 14.3. The molecule has 7 heteroatoms. The Morgan fingerprint density at radius 2 is 1.59 bits per heavy atom. The molecule has 3 heterocycles. The second-order valence-electron chi connectivity index (χ2n) is 8.44. The van der Waals surface area contributed by atoms with Crippen LogP contribution in [-0.2, 0) is 13.1 Å². The first-order valence-corrected chi connectivity index (χ1v) is 11.8. The molecule has 1 fully saturated rings. The Morgan fingerprint density at radius 3 is 2.32 bits per heavy atom. The zero-order valence-electron chi connectivity index (χ0n) is 18.8. The SMILES string of the molecule is O=C(c1cn(Cc2ccccc2Cl)nc1-c1ccccc1)N1CCN(Cc2ccccn2)CC1. The Kier molecular flexibility index (Phi) is 6.70. The fourth-order valence-electron chi connectivity index (χ4n) is 4.27. The van der Waals surface area contributed by atoms with Gasteiger partial charge in [0.1, 0.15) is 5.69 Å². The molecular formula is C27H26ClN5O. The number of nitrogens with zero attached hydrogens (tertiary/aromatic N) is 5. The molecule has 0 radical (unpaired) electrons. The summed E-state index contributed by atoms with van der Waals surface area (Å²) in [5, 5.41) is 5.49. The summed E-state index contributed by atoms with van der Waals surface area (Å²) in [6, 6.07) is 23.6. The van der Waals surface area contributed by atoms with Gasteiger partial charge < -0.3 is 4.90 Å². The number of hydrogen-bond donors (Lipinski definition) is 0. The Morgan fingerprint density at radius 1 is 0.853 bits per heavy atom. The number of hydrogen-bond acceptors (Lipinski definition) is 4. The Hall–Kier alpha value is -3.48. The van der Waals surface area contributed by atoms with E-state index < -0.39 is 0 Å². The molecule has 1 amide bonds. The molecule has 0 unspecified atom stereocenters. The van der Waals surface area contributed by atoms with Crippen LogP contribution in [0.3, 0.4) is 0 Å². The van der Waals surface area contributed by atoms with Gasteiger partial charge in [0.05, 0.1) is 17.8 Å². The van der Waals surface area contributed by atoms with Gasteiger partial charge in [0.2, 0.25) is 0 Å². The van der Waals surface area contributed by atoms with Crippen molar-refractivity contribution < 1.29 is 4.79 Å². The molecule has 1 aliphatic heterocycles. The van der Waals surface area contributed by atoms with E-state index in [0.29, 0.717) is 35.9 Å². The van der Waals surface area contributed by atoms with Crippen molar-refractivity contribution in [2.45, 2.75) is 13.1 Å². The van der Waals surface area contributed by atoms with Crippen LogP contribution in [0.2, 0.25) is 5.02 Å². The van der Waals surface area contributed by atoms with E-state index in [1.54, 1.807) is 0 Å². The molecule has 0 saturated carbocycles. The first-order chi connectivity index (χ1) is 16.7. The summed E-state index contributed by atoms with van der Waals surface area (Å²) in [6.45, 7) is 4.29. The number of aromatic nitrogens is 3. The second-order valence-corrected chi connectivity index (χ2v) is 8.84. The predicted octanol–water partition coefficient (Wildman–Crippen LogP) is 4.60. The molecule has 5 rings (SSSR count). The zero-order valence-corrected chi connectivity index (χ0v) is 19.6. The average Bonchev–Trinajstić information content (AvgIpc) is 3.30. The van der Waals surface area contributed by atoms with E-state index in [4.69, 9.17) is 16.7 Å². The lowest BCUT2D eigenvalue weighted by molar-refractivity contribution is 0.0627. The largest absolute Gasteiger partial charge is 0.336 e. The molecule has 0 atom stereocenters. The molecule has 0 N–H and O–H groups in total. The lowest BCUT2D eigenvalue weighted by atomic mass is 10.1. The smallest absolute Gasteiger partial charge is 0.257 e. The number of rotatable bonds is 6. The molecule has 0 aliphatic carbocycles. The molecule has 2 aromatic carbocycles. The maximum Gasteiger partial charge on any atom is 0.257 e. The third kappa shape index (κ3) is 5.03. The van der Waals surface area contributed by atoms with E-state index in [-0.39, 0.29) is 5.91 Å². The standard InChI is InChI=1S/C27H26ClN5O/c28-25-12-5-4-10-22(25)18-33-20-24(26(30-33)21-8-2-1-3-9-21)27(34)32-16-14-31(15-17-32)19-23-11-6-7-13-29-23/h1-13,20H,14-19H2. The van der Waals surface area contributed by atoms with Crippen LogP contribution >= 0.6 is 11.6 Å². The zero-order chi connectivity index (χ0) is 23.3. The molecule has 4 aromatic rings. The number of carbonyl (C=O) groups excluding carboxylic acids is 1. The van der Waals surface area contributed by atoms with Gasteiger partial charge in [0, 0.05) is 55.7 Å². The number of pyridine rings is 1. The van der Waals surface area contributed by atoms with Gasteiger partial charge in [0.15, 0.2) is 0 Å². The highest BCUT2D eigenvalue weighted by molar-refractivity contribution is 6.31. The summed E-state index contributed by atoms with van der Waals surface area (Å²) in [6.07, 6.45) is 3.68. The molecule has 34 heavy (non-hydrogen) atoms. The van der Waals surface area contributed by atoms with Crippen LogP contribution in [0, 0.1) is 0 Å². The van der Waals surface area contributed by atoms with Crippen molar-refractivity contribution >= 4 is 17.5 Å². The van der Waals surface area contributed by atoms with Crippen LogP contribution < -0.4 is 0 Å². The van der Waals surface area contributed by atoms with Crippen LogP contribution in [-0.4, -0.2) is 56.7 Å². The predicted molar refractivity (Wildman–Crippen MR) is 134 cm³/mol. The van der Waals surface area contributed by atoms with Gasteiger partial charge in [-0.15, -0.1) is 0 Å². The van der Waals surface area contributed by atoms with Crippen molar-refractivity contribution in [1.29, 1.82) is 0 Å². The third-order valence-electron chi connectivity index (χ3n) is 6.10. The summed E-state index contributed by atoms with van der Waals surface area (Å²) in [5.74, 6) is 0.0155. The third-order valence-corrected chi connectivity index (χ3v) is 6.47. The first kappa shape index (κ1) is 22.3. The summed E-state index contributed by atoms with van der Waals surface area (Å²) in [7, 11) is 0. The number of benzene rings is 2. The molecular weight excluding hydrogens is 446 g/mol. The van der Waals surface area contributed by atoms with Gasteiger partial charge >= 0.3 is 0 Å². The van der Waals surface area contributed by atoms with Crippen LogP contribution in [0.25, 0.3) is 11.3 Å². The average molecular weight is 472 g/mol. The summed E-state index contributed by atoms with van der Waals surface area (Å²) in [5.41, 5.74) is 4.27. The molecule has 1 saturated heterocycles. The highest BCUT2D eigenvalue weighted by Crippen LogP contribution is 2.25. The number of carbonyl (C=O) groups is 1. The van der Waals surface area contributed by atoms with Gasteiger partial charge in [-0.25, -0.2) is 0 Å².